The van der Waals surface area contributed by atoms with Crippen molar-refractivity contribution < 1.29 is 13.6 Å². The zero-order chi connectivity index (χ0) is 12.8. The Labute approximate surface area is 107 Å². The molecule has 1 aromatic rings. The van der Waals surface area contributed by atoms with E-state index in [2.05, 4.69) is 26.6 Å². The highest BCUT2D eigenvalue weighted by Crippen LogP contribution is 2.21. The number of carbonyl (C=O) groups is 1. The summed E-state index contributed by atoms with van der Waals surface area (Å²) in [5.41, 5.74) is -0.0312. The zero-order valence-corrected chi connectivity index (χ0v) is 10.9. The standard InChI is InChI=1S/C11H13BrF2N2O/c1-15-10(17)4-5-16-6-7-9(13)3-2-8(12)11(7)14/h2-3,16H,4-6H2,1H3,(H,15,17). The van der Waals surface area contributed by atoms with E-state index < -0.39 is 11.6 Å². The normalized spacial score (nSPS) is 10.4. The summed E-state index contributed by atoms with van der Waals surface area (Å²) < 4.78 is 27.0. The molecule has 1 rings (SSSR count). The fraction of sp³-hybridized carbons (Fsp3) is 0.364. The number of carbonyl (C=O) groups excluding carboxylic acids is 1. The Morgan fingerprint density at radius 1 is 1.41 bits per heavy atom. The molecule has 6 heteroatoms. The Kier molecular flexibility index (Phi) is 5.50. The molecule has 0 radical (unpaired) electrons. The summed E-state index contributed by atoms with van der Waals surface area (Å²) in [4.78, 5) is 10.9. The van der Waals surface area contributed by atoms with Crippen LogP contribution < -0.4 is 10.6 Å². The maximum atomic E-state index is 13.5. The molecule has 0 fully saturated rings. The van der Waals surface area contributed by atoms with Crippen LogP contribution >= 0.6 is 15.9 Å². The van der Waals surface area contributed by atoms with Crippen LogP contribution in [0.3, 0.4) is 0 Å². The van der Waals surface area contributed by atoms with Crippen molar-refractivity contribution in [3.63, 3.8) is 0 Å². The molecule has 0 spiro atoms. The first kappa shape index (κ1) is 14.1. The number of benzene rings is 1. The van der Waals surface area contributed by atoms with Crippen molar-refractivity contribution in [3.05, 3.63) is 33.8 Å². The average Bonchev–Trinajstić information content (AvgIpc) is 2.32. The van der Waals surface area contributed by atoms with Gasteiger partial charge in [0.25, 0.3) is 0 Å². The molecule has 1 amide bonds. The number of amides is 1. The van der Waals surface area contributed by atoms with E-state index >= 15 is 0 Å². The van der Waals surface area contributed by atoms with Crippen LogP contribution in [0, 0.1) is 11.6 Å². The molecule has 0 unspecified atom stereocenters. The van der Waals surface area contributed by atoms with Crippen LogP contribution in [0.2, 0.25) is 0 Å². The fourth-order valence-corrected chi connectivity index (χ4v) is 1.64. The number of rotatable bonds is 5. The minimum atomic E-state index is -0.613. The molecule has 3 nitrogen and oxygen atoms in total. The van der Waals surface area contributed by atoms with E-state index in [0.29, 0.717) is 6.54 Å². The van der Waals surface area contributed by atoms with Crippen LogP contribution in [-0.2, 0) is 11.3 Å². The quantitative estimate of drug-likeness (QED) is 0.645. The summed E-state index contributed by atoms with van der Waals surface area (Å²) in [6, 6.07) is 2.52. The summed E-state index contributed by atoms with van der Waals surface area (Å²) in [7, 11) is 1.54. The number of hydrogen-bond acceptors (Lipinski definition) is 2. The van der Waals surface area contributed by atoms with Gasteiger partial charge in [-0.3, -0.25) is 4.79 Å². The molecule has 0 aliphatic rings. The van der Waals surface area contributed by atoms with Crippen molar-refractivity contribution in [1.82, 2.24) is 10.6 Å². The lowest BCUT2D eigenvalue weighted by Gasteiger charge is -2.08. The van der Waals surface area contributed by atoms with E-state index in [0.717, 1.165) is 0 Å². The monoisotopic (exact) mass is 306 g/mol. The van der Waals surface area contributed by atoms with E-state index in [1.165, 1.54) is 19.2 Å². The smallest absolute Gasteiger partial charge is 0.221 e. The molecule has 0 atom stereocenters. The SMILES string of the molecule is CNC(=O)CCNCc1c(F)ccc(Br)c1F. The van der Waals surface area contributed by atoms with E-state index in [-0.39, 0.29) is 28.9 Å². The molecule has 17 heavy (non-hydrogen) atoms. The van der Waals surface area contributed by atoms with Gasteiger partial charge in [0.1, 0.15) is 11.6 Å². The Morgan fingerprint density at radius 3 is 2.76 bits per heavy atom. The average molecular weight is 307 g/mol. The van der Waals surface area contributed by atoms with E-state index in [9.17, 15) is 13.6 Å². The summed E-state index contributed by atoms with van der Waals surface area (Å²) in [6.45, 7) is 0.416. The van der Waals surface area contributed by atoms with Crippen LogP contribution in [0.5, 0.6) is 0 Å². The topological polar surface area (TPSA) is 41.1 Å². The minimum Gasteiger partial charge on any atom is -0.359 e. The van der Waals surface area contributed by atoms with Gasteiger partial charge in [-0.05, 0) is 28.1 Å². The number of hydrogen-bond donors (Lipinski definition) is 2. The fourth-order valence-electron chi connectivity index (χ4n) is 1.27. The molecule has 0 aliphatic heterocycles. The lowest BCUT2D eigenvalue weighted by atomic mass is 10.2. The molecule has 0 heterocycles. The molecular formula is C11H13BrF2N2O. The second kappa shape index (κ2) is 6.66. The van der Waals surface area contributed by atoms with Crippen LogP contribution in [0.1, 0.15) is 12.0 Å². The maximum absolute atomic E-state index is 13.5. The van der Waals surface area contributed by atoms with Gasteiger partial charge >= 0.3 is 0 Å². The third-order valence-electron chi connectivity index (χ3n) is 2.25. The van der Waals surface area contributed by atoms with Crippen LogP contribution in [-0.4, -0.2) is 19.5 Å². The Hall–Kier alpha value is -1.01. The minimum absolute atomic E-state index is 0.0312. The van der Waals surface area contributed by atoms with Crippen molar-refractivity contribution in [1.29, 1.82) is 0 Å². The van der Waals surface area contributed by atoms with E-state index in [1.54, 1.807) is 0 Å². The maximum Gasteiger partial charge on any atom is 0.221 e. The third-order valence-corrected chi connectivity index (χ3v) is 2.86. The predicted molar refractivity (Wildman–Crippen MR) is 64.4 cm³/mol. The van der Waals surface area contributed by atoms with Crippen LogP contribution in [0.4, 0.5) is 8.78 Å². The van der Waals surface area contributed by atoms with Crippen molar-refractivity contribution in [2.75, 3.05) is 13.6 Å². The van der Waals surface area contributed by atoms with Crippen LogP contribution in [0.25, 0.3) is 0 Å². The molecule has 0 saturated carbocycles. The Balaban J connectivity index is 2.52. The molecule has 1 aromatic carbocycles. The van der Waals surface area contributed by atoms with Crippen molar-refractivity contribution >= 4 is 21.8 Å². The summed E-state index contributed by atoms with van der Waals surface area (Å²) in [5.74, 6) is -1.33. The highest BCUT2D eigenvalue weighted by molar-refractivity contribution is 9.10. The highest BCUT2D eigenvalue weighted by atomic mass is 79.9. The van der Waals surface area contributed by atoms with Gasteiger partial charge in [-0.2, -0.15) is 0 Å². The largest absolute Gasteiger partial charge is 0.359 e. The van der Waals surface area contributed by atoms with Gasteiger partial charge < -0.3 is 10.6 Å². The third kappa shape index (κ3) is 4.05. The van der Waals surface area contributed by atoms with Gasteiger partial charge in [-0.25, -0.2) is 8.78 Å². The molecule has 0 aromatic heterocycles. The lowest BCUT2D eigenvalue weighted by molar-refractivity contribution is -0.120. The summed E-state index contributed by atoms with van der Waals surface area (Å²) >= 11 is 2.99. The van der Waals surface area contributed by atoms with Crippen molar-refractivity contribution in [2.24, 2.45) is 0 Å². The number of nitrogens with one attached hydrogen (secondary N) is 2. The predicted octanol–water partition coefficient (Wildman–Crippen LogP) is 1.95. The lowest BCUT2D eigenvalue weighted by Crippen LogP contribution is -2.25. The second-order valence-corrected chi connectivity index (χ2v) is 4.28. The zero-order valence-electron chi connectivity index (χ0n) is 9.32. The molecule has 0 aliphatic carbocycles. The van der Waals surface area contributed by atoms with Gasteiger partial charge in [-0.1, -0.05) is 0 Å². The summed E-state index contributed by atoms with van der Waals surface area (Å²) in [6.07, 6.45) is 0.272. The Morgan fingerprint density at radius 2 is 2.12 bits per heavy atom. The van der Waals surface area contributed by atoms with E-state index in [4.69, 9.17) is 0 Å². The molecule has 0 saturated heterocycles. The van der Waals surface area contributed by atoms with Crippen molar-refractivity contribution in [2.45, 2.75) is 13.0 Å². The van der Waals surface area contributed by atoms with Gasteiger partial charge in [0.15, 0.2) is 0 Å². The molecule has 2 N–H and O–H groups in total. The Bertz CT molecular complexity index is 413. The summed E-state index contributed by atoms with van der Waals surface area (Å²) in [5, 5.41) is 5.28. The van der Waals surface area contributed by atoms with Gasteiger partial charge in [0.05, 0.1) is 4.47 Å². The van der Waals surface area contributed by atoms with Crippen LogP contribution in [0.15, 0.2) is 16.6 Å². The first-order chi connectivity index (χ1) is 8.06. The molecular weight excluding hydrogens is 294 g/mol. The number of halogens is 3. The van der Waals surface area contributed by atoms with Gasteiger partial charge in [-0.15, -0.1) is 0 Å². The van der Waals surface area contributed by atoms with E-state index in [1.807, 2.05) is 0 Å². The van der Waals surface area contributed by atoms with Gasteiger partial charge in [0.2, 0.25) is 5.91 Å². The molecule has 94 valence electrons. The van der Waals surface area contributed by atoms with Crippen molar-refractivity contribution in [3.8, 4) is 0 Å². The molecule has 0 bridgehead atoms. The van der Waals surface area contributed by atoms with Gasteiger partial charge in [0, 0.05) is 32.1 Å². The second-order valence-electron chi connectivity index (χ2n) is 3.42. The highest BCUT2D eigenvalue weighted by Gasteiger charge is 2.11. The first-order valence-corrected chi connectivity index (χ1v) is 5.89. The first-order valence-electron chi connectivity index (χ1n) is 5.10.